The van der Waals surface area contributed by atoms with Crippen LogP contribution in [0.2, 0.25) is 0 Å². The predicted octanol–water partition coefficient (Wildman–Crippen LogP) is 1.97. The summed E-state index contributed by atoms with van der Waals surface area (Å²) in [5.41, 5.74) is 13.0. The van der Waals surface area contributed by atoms with Gasteiger partial charge in [0.15, 0.2) is 5.96 Å². The average Bonchev–Trinajstić information content (AvgIpc) is 2.48. The van der Waals surface area contributed by atoms with E-state index >= 15 is 0 Å². The van der Waals surface area contributed by atoms with Gasteiger partial charge >= 0.3 is 0 Å². The summed E-state index contributed by atoms with van der Waals surface area (Å²) in [5, 5.41) is 19.1. The minimum absolute atomic E-state index is 0.0702. The molecule has 0 radical (unpaired) electrons. The number of amides is 1. The highest BCUT2D eigenvalue weighted by atomic mass is 16.3. The van der Waals surface area contributed by atoms with Crippen LogP contribution in [0.5, 0.6) is 11.5 Å². The molecular weight excluding hydrogens is 294 g/mol. The zero-order valence-corrected chi connectivity index (χ0v) is 12.5. The maximum Gasteiger partial charge on any atom is 0.275 e. The zero-order valence-electron chi connectivity index (χ0n) is 12.5. The lowest BCUT2D eigenvalue weighted by Crippen LogP contribution is -2.24. The van der Waals surface area contributed by atoms with Crippen molar-refractivity contribution in [1.29, 1.82) is 0 Å². The van der Waals surface area contributed by atoms with Gasteiger partial charge in [0.25, 0.3) is 5.91 Å². The van der Waals surface area contributed by atoms with Gasteiger partial charge in [-0.3, -0.25) is 4.79 Å². The lowest BCUT2D eigenvalue weighted by molar-refractivity contribution is -0.114. The van der Waals surface area contributed by atoms with E-state index in [9.17, 15) is 15.0 Å². The summed E-state index contributed by atoms with van der Waals surface area (Å²) in [6.07, 6.45) is 1.59. The van der Waals surface area contributed by atoms with Gasteiger partial charge in [0.2, 0.25) is 0 Å². The molecule has 2 aromatic rings. The number of nitrogens with two attached hydrogens (primary N) is 2. The Kier molecular flexibility index (Phi) is 4.66. The Balaban J connectivity index is 2.49. The van der Waals surface area contributed by atoms with Gasteiger partial charge in [0.1, 0.15) is 11.5 Å². The number of carbonyl (C=O) groups excluding carboxylic acids is 1. The van der Waals surface area contributed by atoms with E-state index in [4.69, 9.17) is 11.5 Å². The van der Waals surface area contributed by atoms with E-state index in [0.29, 0.717) is 11.1 Å². The molecule has 0 spiro atoms. The number of rotatable bonds is 3. The summed E-state index contributed by atoms with van der Waals surface area (Å²) in [5.74, 6) is -0.632. The third kappa shape index (κ3) is 4.10. The van der Waals surface area contributed by atoms with Gasteiger partial charge < -0.3 is 21.7 Å². The van der Waals surface area contributed by atoms with Crippen LogP contribution < -0.4 is 11.5 Å². The largest absolute Gasteiger partial charge is 0.508 e. The Labute approximate surface area is 133 Å². The number of benzene rings is 2. The fraction of sp³-hybridized carbons (Fsp3) is 0.0588. The van der Waals surface area contributed by atoms with Crippen LogP contribution in [0.25, 0.3) is 17.2 Å². The highest BCUT2D eigenvalue weighted by Gasteiger charge is 2.08. The summed E-state index contributed by atoms with van der Waals surface area (Å²) in [4.78, 5) is 15.3. The van der Waals surface area contributed by atoms with Gasteiger partial charge in [-0.05, 0) is 54.0 Å². The molecule has 0 bridgehead atoms. The molecule has 6 heteroatoms. The SMILES string of the molecule is CC(=Cc1cc(O)ccc1-c1ccc(O)cc1)C(=O)N=C(N)N. The monoisotopic (exact) mass is 311 g/mol. The minimum Gasteiger partial charge on any atom is -0.508 e. The molecule has 0 aliphatic carbocycles. The molecule has 0 aromatic heterocycles. The summed E-state index contributed by atoms with van der Waals surface area (Å²) in [6, 6.07) is 11.4. The van der Waals surface area contributed by atoms with Crippen molar-refractivity contribution in [2.24, 2.45) is 16.5 Å². The molecule has 6 N–H and O–H groups in total. The van der Waals surface area contributed by atoms with Crippen molar-refractivity contribution in [2.75, 3.05) is 0 Å². The fourth-order valence-electron chi connectivity index (χ4n) is 2.07. The Hall–Kier alpha value is -3.28. The van der Waals surface area contributed by atoms with E-state index in [2.05, 4.69) is 4.99 Å². The van der Waals surface area contributed by atoms with Gasteiger partial charge in [0.05, 0.1) is 0 Å². The average molecular weight is 311 g/mol. The lowest BCUT2D eigenvalue weighted by Gasteiger charge is -2.08. The molecule has 118 valence electrons. The minimum atomic E-state index is -0.551. The molecule has 0 atom stereocenters. The van der Waals surface area contributed by atoms with E-state index < -0.39 is 5.91 Å². The molecule has 0 saturated heterocycles. The molecule has 0 fully saturated rings. The second-order valence-electron chi connectivity index (χ2n) is 4.99. The maximum absolute atomic E-state index is 11.8. The number of hydrogen-bond donors (Lipinski definition) is 4. The van der Waals surface area contributed by atoms with E-state index in [1.165, 1.54) is 6.07 Å². The van der Waals surface area contributed by atoms with E-state index in [1.54, 1.807) is 49.4 Å². The van der Waals surface area contributed by atoms with Gasteiger partial charge in [-0.1, -0.05) is 18.2 Å². The maximum atomic E-state index is 11.8. The second-order valence-corrected chi connectivity index (χ2v) is 4.99. The summed E-state index contributed by atoms with van der Waals surface area (Å²) < 4.78 is 0. The summed E-state index contributed by atoms with van der Waals surface area (Å²) in [7, 11) is 0. The standard InChI is InChI=1S/C17H17N3O3/c1-10(16(23)20-17(18)19)8-12-9-14(22)6-7-15(12)11-2-4-13(21)5-3-11/h2-9,21-22H,1H3,(H4,18,19,20,23). The molecule has 0 saturated carbocycles. The first-order valence-corrected chi connectivity index (χ1v) is 6.81. The first kappa shape index (κ1) is 16.1. The van der Waals surface area contributed by atoms with Crippen LogP contribution in [-0.2, 0) is 4.79 Å². The molecule has 0 aliphatic heterocycles. The number of phenols is 2. The van der Waals surface area contributed by atoms with Crippen LogP contribution in [0.15, 0.2) is 53.0 Å². The number of aliphatic imine (C=N–C) groups is 1. The number of phenolic OH excluding ortho intramolecular Hbond substituents is 2. The lowest BCUT2D eigenvalue weighted by atomic mass is 9.97. The Morgan fingerprint density at radius 2 is 1.65 bits per heavy atom. The molecule has 2 rings (SSSR count). The van der Waals surface area contributed by atoms with Gasteiger partial charge in [0, 0.05) is 5.57 Å². The second kappa shape index (κ2) is 6.65. The third-order valence-corrected chi connectivity index (χ3v) is 3.15. The highest BCUT2D eigenvalue weighted by molar-refractivity contribution is 6.04. The van der Waals surface area contributed by atoms with Crippen LogP contribution in [0.4, 0.5) is 0 Å². The van der Waals surface area contributed by atoms with E-state index in [0.717, 1.165) is 11.1 Å². The van der Waals surface area contributed by atoms with Crippen molar-refractivity contribution in [3.8, 4) is 22.6 Å². The fourth-order valence-corrected chi connectivity index (χ4v) is 2.07. The number of guanidine groups is 1. The zero-order chi connectivity index (χ0) is 17.0. The van der Waals surface area contributed by atoms with Crippen molar-refractivity contribution in [2.45, 2.75) is 6.92 Å². The number of hydrogen-bond acceptors (Lipinski definition) is 3. The number of nitrogens with zero attached hydrogens (tertiary/aromatic N) is 1. The molecule has 0 aliphatic rings. The first-order valence-electron chi connectivity index (χ1n) is 6.81. The van der Waals surface area contributed by atoms with Crippen LogP contribution >= 0.6 is 0 Å². The van der Waals surface area contributed by atoms with Crippen molar-refractivity contribution in [3.05, 3.63) is 53.6 Å². The predicted molar refractivity (Wildman–Crippen MR) is 89.7 cm³/mol. The molecule has 0 unspecified atom stereocenters. The van der Waals surface area contributed by atoms with Gasteiger partial charge in [-0.2, -0.15) is 4.99 Å². The van der Waals surface area contributed by atoms with Crippen molar-refractivity contribution >= 4 is 17.9 Å². The highest BCUT2D eigenvalue weighted by Crippen LogP contribution is 2.30. The van der Waals surface area contributed by atoms with Crippen LogP contribution in [-0.4, -0.2) is 22.1 Å². The third-order valence-electron chi connectivity index (χ3n) is 3.15. The summed E-state index contributed by atoms with van der Waals surface area (Å²) in [6.45, 7) is 1.58. The van der Waals surface area contributed by atoms with Crippen LogP contribution in [0, 0.1) is 0 Å². The van der Waals surface area contributed by atoms with Crippen molar-refractivity contribution in [1.82, 2.24) is 0 Å². The first-order chi connectivity index (χ1) is 10.9. The molecule has 1 amide bonds. The van der Waals surface area contributed by atoms with E-state index in [-0.39, 0.29) is 17.5 Å². The summed E-state index contributed by atoms with van der Waals surface area (Å²) >= 11 is 0. The smallest absolute Gasteiger partial charge is 0.275 e. The molecular formula is C17H17N3O3. The quantitative estimate of drug-likeness (QED) is 0.392. The van der Waals surface area contributed by atoms with Gasteiger partial charge in [-0.15, -0.1) is 0 Å². The molecule has 23 heavy (non-hydrogen) atoms. The van der Waals surface area contributed by atoms with Crippen molar-refractivity contribution in [3.63, 3.8) is 0 Å². The Morgan fingerprint density at radius 3 is 2.26 bits per heavy atom. The normalized spacial score (nSPS) is 11.1. The van der Waals surface area contributed by atoms with E-state index in [1.807, 2.05) is 0 Å². The number of aromatic hydroxyl groups is 2. The van der Waals surface area contributed by atoms with Crippen LogP contribution in [0.1, 0.15) is 12.5 Å². The number of carbonyl (C=O) groups is 1. The molecule has 2 aromatic carbocycles. The Morgan fingerprint density at radius 1 is 1.04 bits per heavy atom. The molecule has 6 nitrogen and oxygen atoms in total. The van der Waals surface area contributed by atoms with Crippen LogP contribution in [0.3, 0.4) is 0 Å². The van der Waals surface area contributed by atoms with Crippen molar-refractivity contribution < 1.29 is 15.0 Å². The topological polar surface area (TPSA) is 122 Å². The Bertz CT molecular complexity index is 789. The molecule has 0 heterocycles. The van der Waals surface area contributed by atoms with Gasteiger partial charge in [-0.25, -0.2) is 0 Å².